The van der Waals surface area contributed by atoms with Crippen molar-refractivity contribution in [3.8, 4) is 0 Å². The average Bonchev–Trinajstić information content (AvgIpc) is 0.961. The third-order valence-corrected chi connectivity index (χ3v) is 24.6. The first-order chi connectivity index (χ1) is 40.3. The lowest BCUT2D eigenvalue weighted by atomic mass is 9.50. The summed E-state index contributed by atoms with van der Waals surface area (Å²) >= 11 is 0. The molecule has 1 heterocycles. The highest BCUT2D eigenvalue weighted by atomic mass is 16.5. The molecule has 1 saturated heterocycles. The van der Waals surface area contributed by atoms with Crippen molar-refractivity contribution in [2.75, 3.05) is 6.61 Å². The van der Waals surface area contributed by atoms with Crippen LogP contribution in [0.3, 0.4) is 0 Å². The molecule has 10 fully saturated rings. The molecule has 0 bridgehead atoms. The van der Waals surface area contributed by atoms with Gasteiger partial charge in [-0.15, -0.1) is 0 Å². The number of aliphatic hydroxyl groups excluding tert-OH is 4. The molecule has 10 rings (SSSR count). The summed E-state index contributed by atoms with van der Waals surface area (Å²) in [5.41, 5.74) is 2.13. The summed E-state index contributed by atoms with van der Waals surface area (Å²) in [6.07, 6.45) is 45.4. The highest BCUT2D eigenvalue weighted by Gasteiger charge is 2.48. The largest absolute Gasteiger partial charge is 0.393 e. The van der Waals surface area contributed by atoms with Crippen molar-refractivity contribution >= 4 is 0 Å². The summed E-state index contributed by atoms with van der Waals surface area (Å²) in [7, 11) is 0. The van der Waals surface area contributed by atoms with E-state index >= 15 is 0 Å². The Labute approximate surface area is 540 Å². The molecular weight excluding hydrogens is 1050 g/mol. The second-order valence-corrected chi connectivity index (χ2v) is 35.4. The number of ether oxygens (including phenoxy) is 1. The van der Waals surface area contributed by atoms with Gasteiger partial charge in [0.25, 0.3) is 0 Å². The van der Waals surface area contributed by atoms with Crippen LogP contribution >= 0.6 is 0 Å². The van der Waals surface area contributed by atoms with E-state index in [1.807, 2.05) is 0 Å². The van der Waals surface area contributed by atoms with E-state index in [2.05, 4.69) is 152 Å². The van der Waals surface area contributed by atoms with Crippen molar-refractivity contribution in [2.45, 2.75) is 395 Å². The summed E-state index contributed by atoms with van der Waals surface area (Å²) in [6, 6.07) is 0. The summed E-state index contributed by atoms with van der Waals surface area (Å²) < 4.78 is 5.41. The lowest BCUT2D eigenvalue weighted by Crippen LogP contribution is -2.44. The first-order valence-electron chi connectivity index (χ1n) is 38.6. The van der Waals surface area contributed by atoms with E-state index in [0.717, 1.165) is 91.0 Å². The smallest absolute Gasteiger partial charge is 0.0598 e. The maximum Gasteiger partial charge on any atom is 0.0598 e. The third kappa shape index (κ3) is 30.3. The second-order valence-electron chi connectivity index (χ2n) is 35.4. The highest BCUT2D eigenvalue weighted by molar-refractivity contribution is 4.99. The molecule has 9 saturated carbocycles. The van der Waals surface area contributed by atoms with Crippen molar-refractivity contribution in [2.24, 2.45) is 117 Å². The van der Waals surface area contributed by atoms with Crippen LogP contribution in [0.15, 0.2) is 0 Å². The molecule has 514 valence electrons. The SMILES string of the molecule is CC(C)C1CC2(CCC2)C1.CC(C)C1CCC1O.CC(C)C1CCCC1O.CC(C)C1CCCCC1.CC(C)C1CCCCC1(C)C.CC(C)C1CCCCC1(C)C.CC(C)C1CCCCC1O.CC(C)C1CCCCC1O.CC(C)C1CCCO1. The minimum absolute atomic E-state index is 0.00463. The van der Waals surface area contributed by atoms with Crippen LogP contribution in [0, 0.1) is 117 Å². The lowest BCUT2D eigenvalue weighted by Gasteiger charge is -2.55. The number of aliphatic hydroxyl groups is 4. The molecular formula is C81H160O5. The molecule has 11 atom stereocenters. The Bertz CT molecular complexity index is 1550. The molecule has 0 aromatic heterocycles. The summed E-state index contributed by atoms with van der Waals surface area (Å²) in [5, 5.41) is 37.5. The Morgan fingerprint density at radius 3 is 0.837 bits per heavy atom. The van der Waals surface area contributed by atoms with Crippen molar-refractivity contribution in [1.29, 1.82) is 0 Å². The van der Waals surface area contributed by atoms with Gasteiger partial charge in [-0.05, 0) is 232 Å². The molecule has 4 N–H and O–H groups in total. The number of hydrogen-bond acceptors (Lipinski definition) is 5. The van der Waals surface area contributed by atoms with Crippen LogP contribution in [-0.2, 0) is 4.74 Å². The van der Waals surface area contributed by atoms with Crippen LogP contribution in [0.4, 0.5) is 0 Å². The van der Waals surface area contributed by atoms with E-state index in [9.17, 15) is 15.3 Å². The van der Waals surface area contributed by atoms with Gasteiger partial charge in [0, 0.05) is 6.61 Å². The van der Waals surface area contributed by atoms with Gasteiger partial charge in [-0.3, -0.25) is 0 Å². The van der Waals surface area contributed by atoms with Crippen molar-refractivity contribution in [3.63, 3.8) is 0 Å². The van der Waals surface area contributed by atoms with E-state index in [1.54, 1.807) is 25.7 Å². The topological polar surface area (TPSA) is 90.2 Å². The Morgan fingerprint density at radius 2 is 0.628 bits per heavy atom. The van der Waals surface area contributed by atoms with Crippen LogP contribution in [0.2, 0.25) is 0 Å². The monoisotopic (exact) mass is 1210 g/mol. The second kappa shape index (κ2) is 42.2. The van der Waals surface area contributed by atoms with Gasteiger partial charge in [0.05, 0.1) is 30.5 Å². The van der Waals surface area contributed by atoms with Crippen LogP contribution in [-0.4, -0.2) is 57.6 Å². The Hall–Kier alpha value is -0.200. The van der Waals surface area contributed by atoms with Crippen LogP contribution in [0.25, 0.3) is 0 Å². The predicted octanol–water partition coefficient (Wildman–Crippen LogP) is 23.6. The molecule has 0 aromatic rings. The molecule has 11 unspecified atom stereocenters. The van der Waals surface area contributed by atoms with E-state index in [4.69, 9.17) is 9.84 Å². The fourth-order valence-electron chi connectivity index (χ4n) is 17.9. The predicted molar refractivity (Wildman–Crippen MR) is 378 cm³/mol. The van der Waals surface area contributed by atoms with E-state index in [-0.39, 0.29) is 24.4 Å². The van der Waals surface area contributed by atoms with Gasteiger partial charge in [0.2, 0.25) is 0 Å². The van der Waals surface area contributed by atoms with Gasteiger partial charge < -0.3 is 25.2 Å². The average molecular weight is 1210 g/mol. The Kier molecular flexibility index (Phi) is 40.2. The van der Waals surface area contributed by atoms with Gasteiger partial charge >= 0.3 is 0 Å². The van der Waals surface area contributed by atoms with Gasteiger partial charge in [-0.2, -0.15) is 0 Å². The zero-order valence-corrected chi connectivity index (χ0v) is 62.4. The van der Waals surface area contributed by atoms with E-state index in [1.165, 1.54) is 161 Å². The maximum atomic E-state index is 9.54. The van der Waals surface area contributed by atoms with Crippen molar-refractivity contribution in [3.05, 3.63) is 0 Å². The molecule has 1 aliphatic heterocycles. The quantitative estimate of drug-likeness (QED) is 0.185. The normalized spacial score (nSPS) is 31.9. The lowest BCUT2D eigenvalue weighted by molar-refractivity contribution is -0.0435. The number of hydrogen-bond donors (Lipinski definition) is 4. The molecule has 0 aromatic carbocycles. The summed E-state index contributed by atoms with van der Waals surface area (Å²) in [4.78, 5) is 0. The Balaban J connectivity index is 0.000000331. The Morgan fingerprint density at radius 1 is 0.279 bits per heavy atom. The van der Waals surface area contributed by atoms with Gasteiger partial charge in [0.1, 0.15) is 0 Å². The molecule has 5 nitrogen and oxygen atoms in total. The first kappa shape index (κ1) is 81.9. The van der Waals surface area contributed by atoms with Crippen LogP contribution < -0.4 is 0 Å². The minimum Gasteiger partial charge on any atom is -0.393 e. The van der Waals surface area contributed by atoms with E-state index < -0.39 is 0 Å². The molecule has 86 heavy (non-hydrogen) atoms. The molecule has 1 spiro atoms. The molecule has 9 aliphatic carbocycles. The van der Waals surface area contributed by atoms with Crippen molar-refractivity contribution < 1.29 is 25.2 Å². The van der Waals surface area contributed by atoms with Gasteiger partial charge in [-0.1, -0.05) is 249 Å². The molecule has 0 radical (unpaired) electrons. The van der Waals surface area contributed by atoms with Crippen molar-refractivity contribution in [1.82, 2.24) is 0 Å². The highest BCUT2D eigenvalue weighted by Crippen LogP contribution is 2.60. The van der Waals surface area contributed by atoms with Gasteiger partial charge in [0.15, 0.2) is 0 Å². The molecule has 0 amide bonds. The maximum absolute atomic E-state index is 9.54. The van der Waals surface area contributed by atoms with Gasteiger partial charge in [-0.25, -0.2) is 0 Å². The first-order valence-corrected chi connectivity index (χ1v) is 38.6. The molecule has 10 aliphatic rings. The zero-order valence-electron chi connectivity index (χ0n) is 62.4. The third-order valence-electron chi connectivity index (χ3n) is 24.6. The summed E-state index contributed by atoms with van der Waals surface area (Å²) in [6.45, 7) is 51.7. The zero-order chi connectivity index (χ0) is 65.0. The standard InChI is InChI=1S/2C11H22.C10H18.2C9H18O.C9H18.C8H16O.2C7H14O/c2*1-9(2)10-7-5-6-8-11(10,3)4;1-8(2)9-6-10(7-9)4-3-5-10;2*1-7(2)8-5-3-4-6-9(8)10;1-8(2)9-6-4-3-5-7-9;1-6(2)7-4-3-5-8(7)9;1-6(2)7-4-3-5-8-7;1-5(2)6-3-4-7(6)8/h2*9-10H,5-8H2,1-4H3;8-9H,3-7H2,1-2H3;2*7-10H,3-6H2,1-2H3;8-9H,3-7H2,1-2H3;6-9H,3-5H2,1-2H3;6-7H,3-5H2,1-2H3;5-8H,3-4H2,1-2H3. The summed E-state index contributed by atoms with van der Waals surface area (Å²) in [5.74, 6) is 13.5. The number of rotatable bonds is 9. The molecule has 5 heteroatoms. The minimum atomic E-state index is -0.00579. The van der Waals surface area contributed by atoms with Crippen LogP contribution in [0.5, 0.6) is 0 Å². The van der Waals surface area contributed by atoms with Crippen LogP contribution in [0.1, 0.15) is 364 Å². The van der Waals surface area contributed by atoms with E-state index in [0.29, 0.717) is 64.3 Å². The fraction of sp³-hybridized carbons (Fsp3) is 1.00. The fourth-order valence-corrected chi connectivity index (χ4v) is 17.9.